The van der Waals surface area contributed by atoms with Gasteiger partial charge in [-0.3, -0.25) is 0 Å². The van der Waals surface area contributed by atoms with Gasteiger partial charge < -0.3 is 5.73 Å². The molecule has 0 heterocycles. The highest BCUT2D eigenvalue weighted by atomic mass is 35.5. The third-order valence-corrected chi connectivity index (χ3v) is 3.79. The van der Waals surface area contributed by atoms with E-state index in [9.17, 15) is 0 Å². The zero-order valence-corrected chi connectivity index (χ0v) is 13.1. The first-order valence-corrected chi connectivity index (χ1v) is 7.35. The molecule has 0 saturated carbocycles. The number of halogens is 1. The molecule has 1 nitrogen and oxygen atoms in total. The van der Waals surface area contributed by atoms with Crippen molar-refractivity contribution in [1.29, 1.82) is 0 Å². The van der Waals surface area contributed by atoms with Gasteiger partial charge in [0.05, 0.1) is 0 Å². The Morgan fingerprint density at radius 2 is 1.60 bits per heavy atom. The second-order valence-corrected chi connectivity index (χ2v) is 6.71. The molecule has 1 atom stereocenters. The topological polar surface area (TPSA) is 26.0 Å². The van der Waals surface area contributed by atoms with Crippen LogP contribution in [0.1, 0.15) is 43.5 Å². The van der Waals surface area contributed by atoms with Crippen LogP contribution in [0.15, 0.2) is 48.5 Å². The van der Waals surface area contributed by atoms with Gasteiger partial charge in [-0.05, 0) is 40.7 Å². The lowest BCUT2D eigenvalue weighted by Gasteiger charge is -2.26. The normalized spacial score (nSPS) is 13.2. The van der Waals surface area contributed by atoms with E-state index < -0.39 is 0 Å². The number of benzene rings is 2. The Morgan fingerprint density at radius 3 is 2.20 bits per heavy atom. The molecule has 2 heteroatoms. The van der Waals surface area contributed by atoms with Gasteiger partial charge in [0.2, 0.25) is 0 Å². The number of hydrogen-bond donors (Lipinski definition) is 1. The summed E-state index contributed by atoms with van der Waals surface area (Å²) < 4.78 is 0. The van der Waals surface area contributed by atoms with E-state index in [2.05, 4.69) is 45.0 Å². The molecule has 0 aliphatic heterocycles. The van der Waals surface area contributed by atoms with Crippen LogP contribution in [-0.4, -0.2) is 0 Å². The zero-order valence-electron chi connectivity index (χ0n) is 12.4. The monoisotopic (exact) mass is 287 g/mol. The van der Waals surface area contributed by atoms with Crippen molar-refractivity contribution < 1.29 is 0 Å². The molecular formula is C18H22ClN. The van der Waals surface area contributed by atoms with E-state index in [0.29, 0.717) is 0 Å². The van der Waals surface area contributed by atoms with Crippen molar-refractivity contribution in [3.8, 4) is 0 Å². The summed E-state index contributed by atoms with van der Waals surface area (Å²) in [6, 6.07) is 16.4. The molecule has 2 N–H and O–H groups in total. The molecule has 0 aliphatic rings. The summed E-state index contributed by atoms with van der Waals surface area (Å²) in [6.07, 6.45) is 0.824. The van der Waals surface area contributed by atoms with E-state index in [4.69, 9.17) is 17.3 Å². The van der Waals surface area contributed by atoms with E-state index in [1.165, 1.54) is 16.7 Å². The summed E-state index contributed by atoms with van der Waals surface area (Å²) in [5.41, 5.74) is 10.3. The van der Waals surface area contributed by atoms with E-state index in [0.717, 1.165) is 11.4 Å². The van der Waals surface area contributed by atoms with E-state index in [-0.39, 0.29) is 11.5 Å². The molecule has 2 aromatic carbocycles. The molecule has 0 spiro atoms. The van der Waals surface area contributed by atoms with Gasteiger partial charge in [-0.2, -0.15) is 0 Å². The maximum atomic E-state index is 6.43. The first-order valence-electron chi connectivity index (χ1n) is 6.97. The standard InChI is InChI=1S/C18H22ClN/c1-18(2,3)16-7-5-4-6-15(16)17(20)12-13-8-10-14(19)11-9-13/h4-11,17H,12,20H2,1-3H3. The van der Waals surface area contributed by atoms with Crippen molar-refractivity contribution in [2.75, 3.05) is 0 Å². The lowest BCUT2D eigenvalue weighted by atomic mass is 9.81. The van der Waals surface area contributed by atoms with Gasteiger partial charge in [0.25, 0.3) is 0 Å². The molecule has 0 bridgehead atoms. The smallest absolute Gasteiger partial charge is 0.0406 e. The van der Waals surface area contributed by atoms with Crippen LogP contribution >= 0.6 is 11.6 Å². The fourth-order valence-electron chi connectivity index (χ4n) is 2.49. The Hall–Kier alpha value is -1.31. The molecule has 0 radical (unpaired) electrons. The van der Waals surface area contributed by atoms with E-state index in [1.807, 2.05) is 24.3 Å². The molecule has 0 aromatic heterocycles. The van der Waals surface area contributed by atoms with Crippen LogP contribution in [0, 0.1) is 0 Å². The second kappa shape index (κ2) is 5.99. The first kappa shape index (κ1) is 15.1. The van der Waals surface area contributed by atoms with Crippen LogP contribution in [0.2, 0.25) is 5.02 Å². The minimum Gasteiger partial charge on any atom is -0.324 e. The predicted octanol–water partition coefficient (Wildman–Crippen LogP) is 4.88. The Morgan fingerprint density at radius 1 is 1.00 bits per heavy atom. The second-order valence-electron chi connectivity index (χ2n) is 6.27. The molecule has 0 amide bonds. The lowest BCUT2D eigenvalue weighted by Crippen LogP contribution is -2.21. The quantitative estimate of drug-likeness (QED) is 0.855. The molecule has 0 aliphatic carbocycles. The third-order valence-electron chi connectivity index (χ3n) is 3.54. The summed E-state index contributed by atoms with van der Waals surface area (Å²) in [5.74, 6) is 0. The summed E-state index contributed by atoms with van der Waals surface area (Å²) in [4.78, 5) is 0. The van der Waals surface area contributed by atoms with E-state index in [1.54, 1.807) is 0 Å². The largest absolute Gasteiger partial charge is 0.324 e. The van der Waals surface area contributed by atoms with Crippen molar-refractivity contribution in [2.24, 2.45) is 5.73 Å². The van der Waals surface area contributed by atoms with Crippen LogP contribution in [-0.2, 0) is 11.8 Å². The lowest BCUT2D eigenvalue weighted by molar-refractivity contribution is 0.568. The van der Waals surface area contributed by atoms with Gasteiger partial charge in [0, 0.05) is 11.1 Å². The van der Waals surface area contributed by atoms with Crippen LogP contribution < -0.4 is 5.73 Å². The van der Waals surface area contributed by atoms with Gasteiger partial charge in [0.15, 0.2) is 0 Å². The molecular weight excluding hydrogens is 266 g/mol. The summed E-state index contributed by atoms with van der Waals surface area (Å²) in [7, 11) is 0. The Balaban J connectivity index is 2.25. The highest BCUT2D eigenvalue weighted by Crippen LogP contribution is 2.30. The third kappa shape index (κ3) is 3.62. The fraction of sp³-hybridized carbons (Fsp3) is 0.333. The SMILES string of the molecule is CC(C)(C)c1ccccc1C(N)Cc1ccc(Cl)cc1. The van der Waals surface area contributed by atoms with Crippen molar-refractivity contribution in [3.63, 3.8) is 0 Å². The highest BCUT2D eigenvalue weighted by molar-refractivity contribution is 6.30. The van der Waals surface area contributed by atoms with Crippen LogP contribution in [0.5, 0.6) is 0 Å². The minimum absolute atomic E-state index is 0.00611. The van der Waals surface area contributed by atoms with Crippen molar-refractivity contribution >= 4 is 11.6 Å². The Kier molecular flexibility index (Phi) is 4.52. The van der Waals surface area contributed by atoms with Gasteiger partial charge in [0.1, 0.15) is 0 Å². The number of hydrogen-bond acceptors (Lipinski definition) is 1. The zero-order chi connectivity index (χ0) is 14.8. The molecule has 2 aromatic rings. The molecule has 0 fully saturated rings. The first-order chi connectivity index (χ1) is 9.38. The Labute approximate surface area is 126 Å². The molecule has 20 heavy (non-hydrogen) atoms. The number of nitrogens with two attached hydrogens (primary N) is 1. The number of rotatable bonds is 3. The average molecular weight is 288 g/mol. The molecule has 1 unspecified atom stereocenters. The summed E-state index contributed by atoms with van der Waals surface area (Å²) >= 11 is 5.92. The van der Waals surface area contributed by atoms with Crippen molar-refractivity contribution in [2.45, 2.75) is 38.6 Å². The van der Waals surface area contributed by atoms with Crippen molar-refractivity contribution in [3.05, 3.63) is 70.2 Å². The minimum atomic E-state index is 0.00611. The van der Waals surface area contributed by atoms with Gasteiger partial charge in [-0.15, -0.1) is 0 Å². The molecule has 0 saturated heterocycles. The summed E-state index contributed by atoms with van der Waals surface area (Å²) in [6.45, 7) is 6.67. The average Bonchev–Trinajstić information content (AvgIpc) is 2.40. The van der Waals surface area contributed by atoms with Gasteiger partial charge in [-0.25, -0.2) is 0 Å². The Bertz CT molecular complexity index is 567. The summed E-state index contributed by atoms with van der Waals surface area (Å²) in [5, 5.41) is 0.761. The van der Waals surface area contributed by atoms with Crippen LogP contribution in [0.4, 0.5) is 0 Å². The van der Waals surface area contributed by atoms with Gasteiger partial charge in [-0.1, -0.05) is 68.8 Å². The van der Waals surface area contributed by atoms with Gasteiger partial charge >= 0.3 is 0 Å². The van der Waals surface area contributed by atoms with E-state index >= 15 is 0 Å². The van der Waals surface area contributed by atoms with Crippen LogP contribution in [0.3, 0.4) is 0 Å². The molecule has 2 rings (SSSR count). The maximum absolute atomic E-state index is 6.43. The van der Waals surface area contributed by atoms with Crippen molar-refractivity contribution in [1.82, 2.24) is 0 Å². The molecule has 106 valence electrons. The predicted molar refractivity (Wildman–Crippen MR) is 87.2 cm³/mol. The maximum Gasteiger partial charge on any atom is 0.0406 e. The highest BCUT2D eigenvalue weighted by Gasteiger charge is 2.20. The fourth-order valence-corrected chi connectivity index (χ4v) is 2.61. The van der Waals surface area contributed by atoms with Crippen LogP contribution in [0.25, 0.3) is 0 Å².